The Kier molecular flexibility index (Phi) is 2.96. The van der Waals surface area contributed by atoms with Crippen molar-refractivity contribution in [3.8, 4) is 16.9 Å². The summed E-state index contributed by atoms with van der Waals surface area (Å²) in [6.07, 6.45) is 1.16. The maximum Gasteiger partial charge on any atom is 0.123 e. The van der Waals surface area contributed by atoms with Crippen LogP contribution in [0.15, 0.2) is 48.5 Å². The molecule has 0 spiro atoms. The predicted octanol–water partition coefficient (Wildman–Crippen LogP) is 3.44. The van der Waals surface area contributed by atoms with Crippen LogP contribution in [0.2, 0.25) is 0 Å². The van der Waals surface area contributed by atoms with Crippen LogP contribution in [-0.4, -0.2) is 19.7 Å². The molecule has 2 aliphatic rings. The lowest BCUT2D eigenvalue weighted by atomic mass is 9.86. The van der Waals surface area contributed by atoms with Crippen molar-refractivity contribution in [1.29, 1.82) is 0 Å². The molecule has 0 saturated carbocycles. The van der Waals surface area contributed by atoms with E-state index in [1.54, 1.807) is 0 Å². The van der Waals surface area contributed by atoms with Crippen molar-refractivity contribution in [2.75, 3.05) is 19.7 Å². The minimum absolute atomic E-state index is 0.623. The van der Waals surface area contributed by atoms with E-state index in [1.807, 2.05) is 0 Å². The van der Waals surface area contributed by atoms with Crippen LogP contribution in [0, 0.1) is 5.92 Å². The van der Waals surface area contributed by atoms with E-state index in [0.717, 1.165) is 37.8 Å². The van der Waals surface area contributed by atoms with Crippen LogP contribution < -0.4 is 10.1 Å². The zero-order valence-electron chi connectivity index (χ0n) is 11.5. The van der Waals surface area contributed by atoms with Gasteiger partial charge >= 0.3 is 0 Å². The number of rotatable bonds is 1. The lowest BCUT2D eigenvalue weighted by molar-refractivity contribution is 0.296. The standard InChI is InChI=1S/C18H19NO/c1-2-4-13(5-3-1)14-6-7-16-17-12-19-11-15(17)8-9-20-18(16)10-14/h1-7,10,15,17,19H,8-9,11-12H2/t15?,17-/m0/s1. The summed E-state index contributed by atoms with van der Waals surface area (Å²) in [6.45, 7) is 3.06. The lowest BCUT2D eigenvalue weighted by Gasteiger charge is -2.16. The number of benzene rings is 2. The van der Waals surface area contributed by atoms with E-state index in [9.17, 15) is 0 Å². The number of hydrogen-bond donors (Lipinski definition) is 1. The van der Waals surface area contributed by atoms with Crippen LogP contribution in [0.5, 0.6) is 5.75 Å². The Morgan fingerprint density at radius 2 is 1.85 bits per heavy atom. The number of ether oxygens (including phenoxy) is 1. The predicted molar refractivity (Wildman–Crippen MR) is 81.1 cm³/mol. The highest BCUT2D eigenvalue weighted by Crippen LogP contribution is 2.40. The van der Waals surface area contributed by atoms with Crippen molar-refractivity contribution >= 4 is 0 Å². The third-order valence-electron chi connectivity index (χ3n) is 4.61. The van der Waals surface area contributed by atoms with Gasteiger partial charge in [0.2, 0.25) is 0 Å². The van der Waals surface area contributed by atoms with Crippen molar-refractivity contribution in [3.05, 3.63) is 54.1 Å². The molecule has 0 amide bonds. The highest BCUT2D eigenvalue weighted by molar-refractivity contribution is 5.66. The summed E-state index contributed by atoms with van der Waals surface area (Å²) in [4.78, 5) is 0. The summed E-state index contributed by atoms with van der Waals surface area (Å²) in [6, 6.07) is 17.2. The maximum absolute atomic E-state index is 6.02. The van der Waals surface area contributed by atoms with Crippen LogP contribution in [0.1, 0.15) is 17.9 Å². The molecule has 0 aliphatic carbocycles. The smallest absolute Gasteiger partial charge is 0.123 e. The average molecular weight is 265 g/mol. The Labute approximate surface area is 119 Å². The van der Waals surface area contributed by atoms with E-state index in [-0.39, 0.29) is 0 Å². The SMILES string of the molecule is c1ccc(-c2ccc3c(c2)OCCC2CNC[C@H]32)cc1. The van der Waals surface area contributed by atoms with E-state index in [2.05, 4.69) is 53.8 Å². The normalized spacial score (nSPS) is 24.4. The first-order valence-electron chi connectivity index (χ1n) is 7.45. The topological polar surface area (TPSA) is 21.3 Å². The molecule has 2 atom stereocenters. The van der Waals surface area contributed by atoms with Crippen molar-refractivity contribution in [3.63, 3.8) is 0 Å². The summed E-state index contributed by atoms with van der Waals surface area (Å²) in [5, 5.41) is 3.52. The van der Waals surface area contributed by atoms with Gasteiger partial charge in [-0.25, -0.2) is 0 Å². The van der Waals surface area contributed by atoms with Gasteiger partial charge < -0.3 is 10.1 Å². The molecular formula is C18H19NO. The fraction of sp³-hybridized carbons (Fsp3) is 0.333. The van der Waals surface area contributed by atoms with E-state index < -0.39 is 0 Å². The Morgan fingerprint density at radius 1 is 0.950 bits per heavy atom. The first-order chi connectivity index (χ1) is 9.92. The zero-order valence-corrected chi connectivity index (χ0v) is 11.5. The molecule has 2 heteroatoms. The average Bonchev–Trinajstić information content (AvgIpc) is 2.90. The molecule has 20 heavy (non-hydrogen) atoms. The molecule has 1 unspecified atom stereocenters. The summed E-state index contributed by atoms with van der Waals surface area (Å²) < 4.78 is 6.02. The summed E-state index contributed by atoms with van der Waals surface area (Å²) in [7, 11) is 0. The molecule has 0 aromatic heterocycles. The molecule has 102 valence electrons. The first kappa shape index (κ1) is 12.0. The molecule has 1 saturated heterocycles. The van der Waals surface area contributed by atoms with E-state index in [4.69, 9.17) is 4.74 Å². The Bertz CT molecular complexity index is 608. The molecule has 2 aromatic rings. The second-order valence-corrected chi connectivity index (χ2v) is 5.78. The molecule has 2 nitrogen and oxygen atoms in total. The Hall–Kier alpha value is -1.80. The van der Waals surface area contributed by atoms with Gasteiger partial charge in [-0.1, -0.05) is 42.5 Å². The van der Waals surface area contributed by atoms with Gasteiger partial charge in [-0.2, -0.15) is 0 Å². The molecule has 1 N–H and O–H groups in total. The molecule has 2 heterocycles. The largest absolute Gasteiger partial charge is 0.493 e. The van der Waals surface area contributed by atoms with Crippen LogP contribution in [0.4, 0.5) is 0 Å². The third-order valence-corrected chi connectivity index (χ3v) is 4.61. The molecule has 0 bridgehead atoms. The molecule has 4 rings (SSSR count). The van der Waals surface area contributed by atoms with Gasteiger partial charge in [0.25, 0.3) is 0 Å². The lowest BCUT2D eigenvalue weighted by Crippen LogP contribution is -2.11. The van der Waals surface area contributed by atoms with Crippen molar-refractivity contribution in [2.24, 2.45) is 5.92 Å². The van der Waals surface area contributed by atoms with Crippen molar-refractivity contribution in [1.82, 2.24) is 5.32 Å². The fourth-order valence-electron chi connectivity index (χ4n) is 3.50. The Morgan fingerprint density at radius 3 is 2.75 bits per heavy atom. The highest BCUT2D eigenvalue weighted by atomic mass is 16.5. The molecular weight excluding hydrogens is 246 g/mol. The van der Waals surface area contributed by atoms with Gasteiger partial charge in [-0.15, -0.1) is 0 Å². The summed E-state index contributed by atoms with van der Waals surface area (Å²) in [5.74, 6) is 2.44. The van der Waals surface area contributed by atoms with Crippen LogP contribution >= 0.6 is 0 Å². The quantitative estimate of drug-likeness (QED) is 0.853. The van der Waals surface area contributed by atoms with Gasteiger partial charge in [0.05, 0.1) is 6.61 Å². The second kappa shape index (κ2) is 4.95. The number of fused-ring (bicyclic) bond motifs is 3. The second-order valence-electron chi connectivity index (χ2n) is 5.78. The van der Waals surface area contributed by atoms with Gasteiger partial charge in [-0.3, -0.25) is 0 Å². The third kappa shape index (κ3) is 2.01. The van der Waals surface area contributed by atoms with Crippen molar-refractivity contribution < 1.29 is 4.74 Å². The maximum atomic E-state index is 6.02. The van der Waals surface area contributed by atoms with Crippen molar-refractivity contribution in [2.45, 2.75) is 12.3 Å². The minimum Gasteiger partial charge on any atom is -0.493 e. The summed E-state index contributed by atoms with van der Waals surface area (Å²) >= 11 is 0. The number of nitrogens with one attached hydrogen (secondary N) is 1. The molecule has 2 aliphatic heterocycles. The van der Waals surface area contributed by atoms with Crippen LogP contribution in [0.3, 0.4) is 0 Å². The molecule has 1 fully saturated rings. The fourth-order valence-corrected chi connectivity index (χ4v) is 3.50. The first-order valence-corrected chi connectivity index (χ1v) is 7.45. The highest BCUT2D eigenvalue weighted by Gasteiger charge is 2.32. The van der Waals surface area contributed by atoms with Gasteiger partial charge in [0.1, 0.15) is 5.75 Å². The minimum atomic E-state index is 0.623. The molecule has 0 radical (unpaired) electrons. The zero-order chi connectivity index (χ0) is 13.4. The van der Waals surface area contributed by atoms with E-state index >= 15 is 0 Å². The van der Waals surface area contributed by atoms with Crippen LogP contribution in [0.25, 0.3) is 11.1 Å². The number of hydrogen-bond acceptors (Lipinski definition) is 2. The Balaban J connectivity index is 1.76. The van der Waals surface area contributed by atoms with E-state index in [1.165, 1.54) is 16.7 Å². The van der Waals surface area contributed by atoms with Crippen LogP contribution in [-0.2, 0) is 0 Å². The van der Waals surface area contributed by atoms with Gasteiger partial charge in [0.15, 0.2) is 0 Å². The molecule has 2 aromatic carbocycles. The van der Waals surface area contributed by atoms with Gasteiger partial charge in [-0.05, 0) is 41.6 Å². The van der Waals surface area contributed by atoms with Gasteiger partial charge in [0, 0.05) is 12.5 Å². The summed E-state index contributed by atoms with van der Waals surface area (Å²) in [5.41, 5.74) is 3.88. The monoisotopic (exact) mass is 265 g/mol. The van der Waals surface area contributed by atoms with E-state index in [0.29, 0.717) is 5.92 Å².